The van der Waals surface area contributed by atoms with E-state index in [1.54, 1.807) is 0 Å². The summed E-state index contributed by atoms with van der Waals surface area (Å²) in [5.74, 6) is 6.03. The lowest BCUT2D eigenvalue weighted by atomic mass is 9.97. The van der Waals surface area contributed by atoms with E-state index in [1.807, 2.05) is 6.92 Å². The molecule has 0 spiro atoms. The second-order valence-corrected chi connectivity index (χ2v) is 3.38. The van der Waals surface area contributed by atoms with E-state index in [0.29, 0.717) is 12.0 Å². The van der Waals surface area contributed by atoms with Gasteiger partial charge in [-0.15, -0.1) is 0 Å². The summed E-state index contributed by atoms with van der Waals surface area (Å²) in [5.41, 5.74) is 2.84. The first-order chi connectivity index (χ1) is 6.38. The second kappa shape index (κ2) is 6.32. The molecule has 1 saturated heterocycles. The summed E-state index contributed by atoms with van der Waals surface area (Å²) in [6, 6.07) is 0.342. The highest BCUT2D eigenvalue weighted by Gasteiger charge is 2.24. The van der Waals surface area contributed by atoms with Crippen molar-refractivity contribution in [2.75, 3.05) is 26.4 Å². The van der Waals surface area contributed by atoms with E-state index in [2.05, 4.69) is 5.43 Å². The predicted octanol–water partition coefficient (Wildman–Crippen LogP) is 0.281. The lowest BCUT2D eigenvalue weighted by Crippen LogP contribution is -2.42. The Kier molecular flexibility index (Phi) is 5.31. The molecule has 78 valence electrons. The van der Waals surface area contributed by atoms with Gasteiger partial charge in [0.15, 0.2) is 0 Å². The molecular weight excluding hydrogens is 168 g/mol. The van der Waals surface area contributed by atoms with Crippen LogP contribution in [0.2, 0.25) is 0 Å². The van der Waals surface area contributed by atoms with Crippen molar-refractivity contribution in [1.29, 1.82) is 0 Å². The van der Waals surface area contributed by atoms with Crippen molar-refractivity contribution >= 4 is 0 Å². The smallest absolute Gasteiger partial charge is 0.0510 e. The van der Waals surface area contributed by atoms with Gasteiger partial charge in [0.2, 0.25) is 0 Å². The maximum Gasteiger partial charge on any atom is 0.0510 e. The normalized spacial score (nSPS) is 24.9. The number of rotatable bonds is 6. The molecule has 0 aromatic rings. The molecule has 0 radical (unpaired) electrons. The monoisotopic (exact) mass is 188 g/mol. The van der Waals surface area contributed by atoms with Crippen molar-refractivity contribution in [1.82, 2.24) is 5.43 Å². The number of hydrazine groups is 1. The molecule has 1 fully saturated rings. The molecule has 1 aliphatic heterocycles. The van der Waals surface area contributed by atoms with Gasteiger partial charge in [-0.25, -0.2) is 0 Å². The second-order valence-electron chi connectivity index (χ2n) is 3.38. The summed E-state index contributed by atoms with van der Waals surface area (Å²) in [6.45, 7) is 5.27. The summed E-state index contributed by atoms with van der Waals surface area (Å²) in [4.78, 5) is 0. The van der Waals surface area contributed by atoms with Gasteiger partial charge in [0, 0.05) is 31.8 Å². The SMILES string of the molecule is CCOCCC(NN)C1CCOC1. The number of ether oxygens (including phenoxy) is 2. The van der Waals surface area contributed by atoms with Crippen LogP contribution in [0.15, 0.2) is 0 Å². The van der Waals surface area contributed by atoms with Gasteiger partial charge in [-0.3, -0.25) is 11.3 Å². The number of nitrogens with one attached hydrogen (secondary N) is 1. The lowest BCUT2D eigenvalue weighted by molar-refractivity contribution is 0.123. The van der Waals surface area contributed by atoms with Crippen molar-refractivity contribution in [3.63, 3.8) is 0 Å². The van der Waals surface area contributed by atoms with Crippen LogP contribution in [0.25, 0.3) is 0 Å². The molecule has 1 heterocycles. The molecular formula is C9H20N2O2. The molecule has 0 amide bonds. The summed E-state index contributed by atoms with van der Waals surface area (Å²) >= 11 is 0. The van der Waals surface area contributed by atoms with Gasteiger partial charge in [-0.1, -0.05) is 0 Å². The van der Waals surface area contributed by atoms with E-state index >= 15 is 0 Å². The third kappa shape index (κ3) is 3.60. The molecule has 0 bridgehead atoms. The minimum absolute atomic E-state index is 0.342. The van der Waals surface area contributed by atoms with Crippen molar-refractivity contribution in [2.45, 2.75) is 25.8 Å². The van der Waals surface area contributed by atoms with Gasteiger partial charge in [0.25, 0.3) is 0 Å². The molecule has 2 atom stereocenters. The minimum Gasteiger partial charge on any atom is -0.382 e. The molecule has 3 N–H and O–H groups in total. The minimum atomic E-state index is 0.342. The Hall–Kier alpha value is -0.160. The van der Waals surface area contributed by atoms with Gasteiger partial charge in [-0.2, -0.15) is 0 Å². The topological polar surface area (TPSA) is 56.5 Å². The molecule has 4 heteroatoms. The average molecular weight is 188 g/mol. The lowest BCUT2D eigenvalue weighted by Gasteiger charge is -2.20. The molecule has 0 aliphatic carbocycles. The highest BCUT2D eigenvalue weighted by molar-refractivity contribution is 4.77. The number of nitrogens with two attached hydrogens (primary N) is 1. The Labute approximate surface area is 79.7 Å². The van der Waals surface area contributed by atoms with Crippen LogP contribution in [0, 0.1) is 5.92 Å². The molecule has 0 aromatic carbocycles. The van der Waals surface area contributed by atoms with E-state index in [9.17, 15) is 0 Å². The molecule has 1 rings (SSSR count). The van der Waals surface area contributed by atoms with Crippen LogP contribution >= 0.6 is 0 Å². The summed E-state index contributed by atoms with van der Waals surface area (Å²) in [6.07, 6.45) is 2.08. The Bertz CT molecular complexity index is 127. The quantitative estimate of drug-likeness (QED) is 0.357. The van der Waals surface area contributed by atoms with Crippen LogP contribution in [-0.4, -0.2) is 32.5 Å². The van der Waals surface area contributed by atoms with E-state index < -0.39 is 0 Å². The number of hydrogen-bond acceptors (Lipinski definition) is 4. The zero-order valence-corrected chi connectivity index (χ0v) is 8.29. The maximum absolute atomic E-state index is 5.47. The fraction of sp³-hybridized carbons (Fsp3) is 1.00. The molecule has 13 heavy (non-hydrogen) atoms. The van der Waals surface area contributed by atoms with E-state index in [4.69, 9.17) is 15.3 Å². The Morgan fingerprint density at radius 3 is 3.08 bits per heavy atom. The molecule has 0 saturated carbocycles. The molecule has 0 aromatic heterocycles. The van der Waals surface area contributed by atoms with Gasteiger partial charge in [0.1, 0.15) is 0 Å². The standard InChI is InChI=1S/C9H20N2O2/c1-2-12-6-4-9(11-10)8-3-5-13-7-8/h8-9,11H,2-7,10H2,1H3. The third-order valence-electron chi connectivity index (χ3n) is 2.53. The first-order valence-electron chi connectivity index (χ1n) is 5.00. The van der Waals surface area contributed by atoms with Crippen molar-refractivity contribution < 1.29 is 9.47 Å². The van der Waals surface area contributed by atoms with Crippen LogP contribution in [0.4, 0.5) is 0 Å². The highest BCUT2D eigenvalue weighted by Crippen LogP contribution is 2.18. The fourth-order valence-electron chi connectivity index (χ4n) is 1.68. The average Bonchev–Trinajstić information content (AvgIpc) is 2.65. The Balaban J connectivity index is 2.16. The van der Waals surface area contributed by atoms with Gasteiger partial charge >= 0.3 is 0 Å². The van der Waals surface area contributed by atoms with Crippen LogP contribution < -0.4 is 11.3 Å². The van der Waals surface area contributed by atoms with Crippen LogP contribution in [0.3, 0.4) is 0 Å². The summed E-state index contributed by atoms with van der Waals surface area (Å²) in [7, 11) is 0. The van der Waals surface area contributed by atoms with Crippen LogP contribution in [0.5, 0.6) is 0 Å². The number of hydrogen-bond donors (Lipinski definition) is 2. The Morgan fingerprint density at radius 1 is 1.69 bits per heavy atom. The van der Waals surface area contributed by atoms with E-state index in [1.165, 1.54) is 0 Å². The molecule has 1 aliphatic rings. The van der Waals surface area contributed by atoms with Gasteiger partial charge < -0.3 is 9.47 Å². The first kappa shape index (κ1) is 10.9. The van der Waals surface area contributed by atoms with E-state index in [-0.39, 0.29) is 0 Å². The van der Waals surface area contributed by atoms with Crippen LogP contribution in [-0.2, 0) is 9.47 Å². The van der Waals surface area contributed by atoms with Gasteiger partial charge in [-0.05, 0) is 19.8 Å². The van der Waals surface area contributed by atoms with Crippen molar-refractivity contribution in [2.24, 2.45) is 11.8 Å². The van der Waals surface area contributed by atoms with Crippen LogP contribution in [0.1, 0.15) is 19.8 Å². The van der Waals surface area contributed by atoms with Crippen molar-refractivity contribution in [3.05, 3.63) is 0 Å². The maximum atomic E-state index is 5.47. The zero-order chi connectivity index (χ0) is 9.52. The molecule has 2 unspecified atom stereocenters. The third-order valence-corrected chi connectivity index (χ3v) is 2.53. The van der Waals surface area contributed by atoms with E-state index in [0.717, 1.165) is 39.3 Å². The summed E-state index contributed by atoms with van der Waals surface area (Å²) in [5, 5.41) is 0. The van der Waals surface area contributed by atoms with Gasteiger partial charge in [0.05, 0.1) is 6.61 Å². The summed E-state index contributed by atoms with van der Waals surface area (Å²) < 4.78 is 10.6. The first-order valence-corrected chi connectivity index (χ1v) is 5.00. The zero-order valence-electron chi connectivity index (χ0n) is 8.29. The molecule has 4 nitrogen and oxygen atoms in total. The predicted molar refractivity (Wildman–Crippen MR) is 51.1 cm³/mol. The van der Waals surface area contributed by atoms with Crippen molar-refractivity contribution in [3.8, 4) is 0 Å². The Morgan fingerprint density at radius 2 is 2.54 bits per heavy atom. The largest absolute Gasteiger partial charge is 0.382 e. The fourth-order valence-corrected chi connectivity index (χ4v) is 1.68. The highest BCUT2D eigenvalue weighted by atomic mass is 16.5.